The lowest BCUT2D eigenvalue weighted by molar-refractivity contribution is -0.283. The van der Waals surface area contributed by atoms with Crippen LogP contribution in [0.5, 0.6) is 0 Å². The molecule has 0 radical (unpaired) electrons. The molecule has 1 fully saturated rings. The highest BCUT2D eigenvalue weighted by atomic mass is 16.7. The lowest BCUT2D eigenvalue weighted by atomic mass is 9.76. The van der Waals surface area contributed by atoms with Gasteiger partial charge in [0.1, 0.15) is 12.2 Å². The number of aliphatic hydroxyl groups excluding tert-OH is 2. The predicted molar refractivity (Wildman–Crippen MR) is 99.0 cm³/mol. The van der Waals surface area contributed by atoms with Crippen molar-refractivity contribution in [3.05, 3.63) is 60.2 Å². The van der Waals surface area contributed by atoms with Crippen LogP contribution in [0, 0.1) is 5.41 Å². The first-order chi connectivity index (χ1) is 11.9. The van der Waals surface area contributed by atoms with E-state index in [1.54, 1.807) is 6.08 Å². The van der Waals surface area contributed by atoms with Crippen LogP contribution >= 0.6 is 0 Å². The topological polar surface area (TPSA) is 58.9 Å². The molecule has 4 heteroatoms. The van der Waals surface area contributed by atoms with E-state index in [-0.39, 0.29) is 6.61 Å². The molecule has 0 aliphatic carbocycles. The number of ether oxygens (including phenoxy) is 2. The number of allylic oxidation sites excluding steroid dienone is 2. The maximum atomic E-state index is 11.0. The lowest BCUT2D eigenvalue weighted by Crippen LogP contribution is -2.52. The molecule has 0 saturated carbocycles. The molecule has 1 aliphatic heterocycles. The molecule has 5 atom stereocenters. The predicted octanol–water partition coefficient (Wildman–Crippen LogP) is 3.76. The van der Waals surface area contributed by atoms with Gasteiger partial charge < -0.3 is 19.7 Å². The highest BCUT2D eigenvalue weighted by Gasteiger charge is 2.43. The first-order valence-electron chi connectivity index (χ1n) is 8.82. The Hall–Kier alpha value is -1.46. The Balaban J connectivity index is 2.12. The zero-order valence-corrected chi connectivity index (χ0v) is 15.4. The molecule has 0 aromatic heterocycles. The van der Waals surface area contributed by atoms with Crippen LogP contribution < -0.4 is 0 Å². The van der Waals surface area contributed by atoms with Crippen molar-refractivity contribution >= 4 is 0 Å². The minimum Gasteiger partial charge on any atom is -0.389 e. The van der Waals surface area contributed by atoms with Gasteiger partial charge in [-0.2, -0.15) is 0 Å². The SMILES string of the molecule is C=C[C@](C)(CCC=C(C)C)[C@H](O)[C@H]1O[C@@H](c2ccccc2)OC[C@H]1O. The third kappa shape index (κ3) is 5.02. The van der Waals surface area contributed by atoms with E-state index < -0.39 is 30.0 Å². The zero-order valence-electron chi connectivity index (χ0n) is 15.4. The standard InChI is InChI=1S/C21H30O4/c1-5-21(4,13-9-10-15(2)3)19(23)18-17(22)14-24-20(25-18)16-11-7-6-8-12-16/h5-8,10-12,17-20,22-23H,1,9,13-14H2,2-4H3/t17-,18+,19-,20+,21-/m1/s1. The molecule has 4 nitrogen and oxygen atoms in total. The lowest BCUT2D eigenvalue weighted by Gasteiger charge is -2.42. The van der Waals surface area contributed by atoms with Crippen LogP contribution in [0.4, 0.5) is 0 Å². The van der Waals surface area contributed by atoms with Crippen molar-refractivity contribution in [1.82, 2.24) is 0 Å². The van der Waals surface area contributed by atoms with Crippen LogP contribution in [0.15, 0.2) is 54.6 Å². The largest absolute Gasteiger partial charge is 0.389 e. The van der Waals surface area contributed by atoms with Gasteiger partial charge in [0.2, 0.25) is 0 Å². The molecule has 2 N–H and O–H groups in total. The van der Waals surface area contributed by atoms with Crippen LogP contribution in [0.2, 0.25) is 0 Å². The molecule has 0 unspecified atom stereocenters. The Kier molecular flexibility index (Phi) is 6.96. The zero-order chi connectivity index (χ0) is 18.4. The van der Waals surface area contributed by atoms with Crippen molar-refractivity contribution in [3.63, 3.8) is 0 Å². The van der Waals surface area contributed by atoms with Gasteiger partial charge in [-0.15, -0.1) is 6.58 Å². The van der Waals surface area contributed by atoms with Crippen molar-refractivity contribution in [2.75, 3.05) is 6.61 Å². The van der Waals surface area contributed by atoms with E-state index in [2.05, 4.69) is 26.5 Å². The fourth-order valence-electron chi connectivity index (χ4n) is 3.04. The fourth-order valence-corrected chi connectivity index (χ4v) is 3.04. The van der Waals surface area contributed by atoms with E-state index in [1.807, 2.05) is 37.3 Å². The van der Waals surface area contributed by atoms with Crippen LogP contribution in [0.25, 0.3) is 0 Å². The molecule has 0 amide bonds. The molecule has 0 bridgehead atoms. The van der Waals surface area contributed by atoms with Crippen LogP contribution in [0.1, 0.15) is 45.5 Å². The molecule has 138 valence electrons. The third-order valence-electron chi connectivity index (χ3n) is 4.84. The van der Waals surface area contributed by atoms with E-state index in [4.69, 9.17) is 9.47 Å². The van der Waals surface area contributed by atoms with Crippen molar-refractivity contribution in [3.8, 4) is 0 Å². The van der Waals surface area contributed by atoms with Crippen molar-refractivity contribution in [2.45, 2.75) is 58.2 Å². The summed E-state index contributed by atoms with van der Waals surface area (Å²) in [5.74, 6) is 0. The molecular formula is C21H30O4. The van der Waals surface area contributed by atoms with Gasteiger partial charge in [-0.1, -0.05) is 55.0 Å². The summed E-state index contributed by atoms with van der Waals surface area (Å²) < 4.78 is 11.5. The summed E-state index contributed by atoms with van der Waals surface area (Å²) >= 11 is 0. The van der Waals surface area contributed by atoms with E-state index >= 15 is 0 Å². The van der Waals surface area contributed by atoms with Gasteiger partial charge >= 0.3 is 0 Å². The highest BCUT2D eigenvalue weighted by Crippen LogP contribution is 2.37. The smallest absolute Gasteiger partial charge is 0.184 e. The Labute approximate surface area is 150 Å². The molecular weight excluding hydrogens is 316 g/mol. The summed E-state index contributed by atoms with van der Waals surface area (Å²) in [6, 6.07) is 9.56. The van der Waals surface area contributed by atoms with Gasteiger partial charge in [-0.05, 0) is 26.7 Å². The second kappa shape index (κ2) is 8.77. The van der Waals surface area contributed by atoms with Gasteiger partial charge in [-0.3, -0.25) is 0 Å². The quantitative estimate of drug-likeness (QED) is 0.738. The number of hydrogen-bond acceptors (Lipinski definition) is 4. The van der Waals surface area contributed by atoms with Gasteiger partial charge in [-0.25, -0.2) is 0 Å². The third-order valence-corrected chi connectivity index (χ3v) is 4.84. The summed E-state index contributed by atoms with van der Waals surface area (Å²) in [5, 5.41) is 21.3. The maximum absolute atomic E-state index is 11.0. The Morgan fingerprint density at radius 2 is 2.04 bits per heavy atom. The molecule has 1 aliphatic rings. The van der Waals surface area contributed by atoms with Gasteiger partial charge in [0.25, 0.3) is 0 Å². The first-order valence-corrected chi connectivity index (χ1v) is 8.82. The average molecular weight is 346 g/mol. The molecule has 1 saturated heterocycles. The molecule has 1 heterocycles. The Morgan fingerprint density at radius 3 is 2.64 bits per heavy atom. The van der Waals surface area contributed by atoms with E-state index in [1.165, 1.54) is 5.57 Å². The molecule has 0 spiro atoms. The number of hydrogen-bond donors (Lipinski definition) is 2. The number of benzene rings is 1. The van der Waals surface area contributed by atoms with Gasteiger partial charge in [0, 0.05) is 11.0 Å². The summed E-state index contributed by atoms with van der Waals surface area (Å²) in [6.07, 6.45) is 2.40. The summed E-state index contributed by atoms with van der Waals surface area (Å²) in [4.78, 5) is 0. The second-order valence-corrected chi connectivity index (χ2v) is 7.22. The van der Waals surface area contributed by atoms with E-state index in [0.29, 0.717) is 0 Å². The second-order valence-electron chi connectivity index (χ2n) is 7.22. The van der Waals surface area contributed by atoms with E-state index in [0.717, 1.165) is 18.4 Å². The fraction of sp³-hybridized carbons (Fsp3) is 0.524. The molecule has 25 heavy (non-hydrogen) atoms. The van der Waals surface area contributed by atoms with Crippen LogP contribution in [-0.2, 0) is 9.47 Å². The average Bonchev–Trinajstić information content (AvgIpc) is 2.61. The summed E-state index contributed by atoms with van der Waals surface area (Å²) in [6.45, 7) is 10.1. The van der Waals surface area contributed by atoms with E-state index in [9.17, 15) is 10.2 Å². The number of rotatable bonds is 7. The highest BCUT2D eigenvalue weighted by molar-refractivity contribution is 5.16. The van der Waals surface area contributed by atoms with Crippen LogP contribution in [-0.4, -0.2) is 35.1 Å². The number of aliphatic hydroxyl groups is 2. The van der Waals surface area contributed by atoms with Crippen molar-refractivity contribution < 1.29 is 19.7 Å². The summed E-state index contributed by atoms with van der Waals surface area (Å²) in [7, 11) is 0. The van der Waals surface area contributed by atoms with Gasteiger partial charge in [0.05, 0.1) is 12.7 Å². The normalized spacial score (nSPS) is 27.2. The monoisotopic (exact) mass is 346 g/mol. The minimum atomic E-state index is -0.877. The first kappa shape index (κ1) is 19.9. The molecule has 2 rings (SSSR count). The minimum absolute atomic E-state index is 0.127. The Morgan fingerprint density at radius 1 is 1.36 bits per heavy atom. The van der Waals surface area contributed by atoms with Crippen molar-refractivity contribution in [1.29, 1.82) is 0 Å². The maximum Gasteiger partial charge on any atom is 0.184 e. The molecule has 1 aromatic rings. The van der Waals surface area contributed by atoms with Gasteiger partial charge in [0.15, 0.2) is 6.29 Å². The summed E-state index contributed by atoms with van der Waals surface area (Å²) in [5.41, 5.74) is 1.56. The Bertz CT molecular complexity index is 579. The van der Waals surface area contributed by atoms with Crippen molar-refractivity contribution in [2.24, 2.45) is 5.41 Å². The molecule has 1 aromatic carbocycles. The van der Waals surface area contributed by atoms with Crippen LogP contribution in [0.3, 0.4) is 0 Å².